The highest BCUT2D eigenvalue weighted by molar-refractivity contribution is 5.87. The van der Waals surface area contributed by atoms with E-state index in [2.05, 4.69) is 28.9 Å². The predicted octanol–water partition coefficient (Wildman–Crippen LogP) is 3.10. The summed E-state index contributed by atoms with van der Waals surface area (Å²) in [6.45, 7) is 7.63. The number of carboxylic acids is 1. The highest BCUT2D eigenvalue weighted by Crippen LogP contribution is 2.03. The molecule has 0 radical (unpaired) electrons. The van der Waals surface area contributed by atoms with Crippen LogP contribution in [0.5, 0.6) is 0 Å². The molecule has 0 saturated heterocycles. The van der Waals surface area contributed by atoms with Crippen LogP contribution in [0.2, 0.25) is 0 Å². The molecule has 0 fully saturated rings. The van der Waals surface area contributed by atoms with Gasteiger partial charge in [-0.2, -0.15) is 5.10 Å². The van der Waals surface area contributed by atoms with E-state index < -0.39 is 5.97 Å². The van der Waals surface area contributed by atoms with Crippen molar-refractivity contribution in [2.24, 2.45) is 5.10 Å². The zero-order chi connectivity index (χ0) is 15.5. The average molecular weight is 291 g/mol. The Bertz CT molecular complexity index is 434. The molecular weight excluding hydrogens is 266 g/mol. The van der Waals surface area contributed by atoms with Crippen molar-refractivity contribution in [2.45, 2.75) is 33.1 Å². The van der Waals surface area contributed by atoms with Gasteiger partial charge in [0, 0.05) is 13.1 Å². The van der Waals surface area contributed by atoms with Gasteiger partial charge in [-0.15, -0.1) is 0 Å². The van der Waals surface area contributed by atoms with Gasteiger partial charge in [-0.25, -0.2) is 4.79 Å². The number of hydrogen-bond acceptors (Lipinski definition) is 4. The first kappa shape index (κ1) is 17.0. The predicted molar refractivity (Wildman–Crippen MR) is 85.4 cm³/mol. The lowest BCUT2D eigenvalue weighted by atomic mass is 10.2. The van der Waals surface area contributed by atoms with Crippen molar-refractivity contribution in [3.8, 4) is 0 Å². The van der Waals surface area contributed by atoms with Crippen LogP contribution >= 0.6 is 0 Å². The number of rotatable bonds is 6. The molecule has 1 aliphatic heterocycles. The highest BCUT2D eigenvalue weighted by atomic mass is 16.4. The van der Waals surface area contributed by atoms with Crippen LogP contribution in [-0.2, 0) is 0 Å². The summed E-state index contributed by atoms with van der Waals surface area (Å²) in [5.74, 6) is -0.879. The molecule has 1 heterocycles. The molecule has 5 nitrogen and oxygen atoms in total. The minimum atomic E-state index is -0.879. The number of hydrazone groups is 1. The fourth-order valence-electron chi connectivity index (χ4n) is 1.89. The van der Waals surface area contributed by atoms with E-state index >= 15 is 0 Å². The third-order valence-corrected chi connectivity index (χ3v) is 3.02. The van der Waals surface area contributed by atoms with Gasteiger partial charge in [-0.3, -0.25) is 5.01 Å². The summed E-state index contributed by atoms with van der Waals surface area (Å²) in [6, 6.07) is 8.30. The zero-order valence-corrected chi connectivity index (χ0v) is 12.9. The summed E-state index contributed by atoms with van der Waals surface area (Å²) in [6.07, 6.45) is 5.67. The molecule has 21 heavy (non-hydrogen) atoms. The summed E-state index contributed by atoms with van der Waals surface area (Å²) in [4.78, 5) is 12.5. The Morgan fingerprint density at radius 3 is 2.43 bits per heavy atom. The van der Waals surface area contributed by atoms with Crippen LogP contribution in [0.4, 0.5) is 0 Å². The Hall–Kier alpha value is -2.04. The lowest BCUT2D eigenvalue weighted by Crippen LogP contribution is -2.27. The van der Waals surface area contributed by atoms with Gasteiger partial charge in [0.05, 0.1) is 5.56 Å². The number of carbonyl (C=O) groups is 1. The van der Waals surface area contributed by atoms with Crippen LogP contribution in [0, 0.1) is 0 Å². The van der Waals surface area contributed by atoms with Crippen molar-refractivity contribution >= 4 is 12.3 Å². The van der Waals surface area contributed by atoms with Gasteiger partial charge < -0.3 is 10.0 Å². The van der Waals surface area contributed by atoms with Crippen molar-refractivity contribution in [2.75, 3.05) is 19.8 Å². The summed E-state index contributed by atoms with van der Waals surface area (Å²) in [7, 11) is 0. The van der Waals surface area contributed by atoms with E-state index in [1.54, 1.807) is 30.3 Å². The smallest absolute Gasteiger partial charge is 0.335 e. The van der Waals surface area contributed by atoms with Crippen LogP contribution in [0.25, 0.3) is 0 Å². The number of nitrogens with zero attached hydrogens (tertiary/aromatic N) is 3. The standard InChI is InChI=1S/C9H19N3.C7H6O2/c1-3-5-7-11-8-10-12(9-11)6-4-2;8-7(9)6-4-2-1-3-5-6/h8H,3-7,9H2,1-2H3;1-5H,(H,8,9). The van der Waals surface area contributed by atoms with Gasteiger partial charge in [0.25, 0.3) is 0 Å². The van der Waals surface area contributed by atoms with Gasteiger partial charge in [0.2, 0.25) is 0 Å². The summed E-state index contributed by atoms with van der Waals surface area (Å²) >= 11 is 0. The van der Waals surface area contributed by atoms with Gasteiger partial charge >= 0.3 is 5.97 Å². The second-order valence-electron chi connectivity index (χ2n) is 4.94. The van der Waals surface area contributed by atoms with E-state index in [0.29, 0.717) is 5.56 Å². The highest BCUT2D eigenvalue weighted by Gasteiger charge is 2.10. The normalized spacial score (nSPS) is 13.0. The first-order valence-electron chi connectivity index (χ1n) is 7.48. The number of benzene rings is 1. The van der Waals surface area contributed by atoms with E-state index in [0.717, 1.165) is 19.8 Å². The van der Waals surface area contributed by atoms with Gasteiger partial charge in [-0.1, -0.05) is 38.5 Å². The third-order valence-electron chi connectivity index (χ3n) is 3.02. The van der Waals surface area contributed by atoms with E-state index in [1.165, 1.54) is 19.3 Å². The molecule has 2 rings (SSSR count). The van der Waals surface area contributed by atoms with Crippen LogP contribution in [0.1, 0.15) is 43.5 Å². The molecule has 116 valence electrons. The molecular formula is C16H25N3O2. The van der Waals surface area contributed by atoms with Crippen molar-refractivity contribution in [1.82, 2.24) is 9.91 Å². The van der Waals surface area contributed by atoms with Gasteiger partial charge in [0.1, 0.15) is 13.0 Å². The second kappa shape index (κ2) is 9.80. The molecule has 5 heteroatoms. The fraction of sp³-hybridized carbons (Fsp3) is 0.500. The van der Waals surface area contributed by atoms with Crippen LogP contribution in [-0.4, -0.2) is 47.1 Å². The monoisotopic (exact) mass is 291 g/mol. The molecule has 0 saturated carbocycles. The SMILES string of the molecule is CCCCN1C=NN(CCC)C1.O=C(O)c1ccccc1. The van der Waals surface area contributed by atoms with Gasteiger partial charge in [0.15, 0.2) is 0 Å². The summed E-state index contributed by atoms with van der Waals surface area (Å²) in [5, 5.41) is 14.8. The lowest BCUT2D eigenvalue weighted by molar-refractivity contribution is 0.0697. The number of unbranched alkanes of at least 4 members (excludes halogenated alkanes) is 1. The van der Waals surface area contributed by atoms with Crippen molar-refractivity contribution in [3.05, 3.63) is 35.9 Å². The zero-order valence-electron chi connectivity index (χ0n) is 12.9. The molecule has 0 aliphatic carbocycles. The maximum absolute atomic E-state index is 10.2. The lowest BCUT2D eigenvalue weighted by Gasteiger charge is -2.17. The molecule has 0 unspecified atom stereocenters. The molecule has 1 aromatic carbocycles. The number of aromatic carboxylic acids is 1. The van der Waals surface area contributed by atoms with E-state index in [1.807, 2.05) is 6.34 Å². The van der Waals surface area contributed by atoms with Crippen molar-refractivity contribution in [1.29, 1.82) is 0 Å². The van der Waals surface area contributed by atoms with Crippen LogP contribution in [0.15, 0.2) is 35.4 Å². The van der Waals surface area contributed by atoms with E-state index in [-0.39, 0.29) is 0 Å². The maximum Gasteiger partial charge on any atom is 0.335 e. The molecule has 1 aliphatic rings. The number of carboxylic acid groups (broad SMARTS) is 1. The minimum absolute atomic E-state index is 0.331. The Morgan fingerprint density at radius 1 is 1.19 bits per heavy atom. The molecule has 1 aromatic rings. The Kier molecular flexibility index (Phi) is 7.94. The first-order valence-corrected chi connectivity index (χ1v) is 7.48. The van der Waals surface area contributed by atoms with Crippen molar-refractivity contribution < 1.29 is 9.90 Å². The Morgan fingerprint density at radius 2 is 1.90 bits per heavy atom. The molecule has 0 aromatic heterocycles. The molecule has 0 spiro atoms. The number of hydrogen-bond donors (Lipinski definition) is 1. The third kappa shape index (κ3) is 6.79. The largest absolute Gasteiger partial charge is 0.478 e. The van der Waals surface area contributed by atoms with Crippen LogP contribution < -0.4 is 0 Å². The van der Waals surface area contributed by atoms with Crippen molar-refractivity contribution in [3.63, 3.8) is 0 Å². The summed E-state index contributed by atoms with van der Waals surface area (Å²) in [5.41, 5.74) is 0.331. The van der Waals surface area contributed by atoms with E-state index in [4.69, 9.17) is 5.11 Å². The van der Waals surface area contributed by atoms with Crippen LogP contribution in [0.3, 0.4) is 0 Å². The van der Waals surface area contributed by atoms with Gasteiger partial charge in [-0.05, 0) is 25.0 Å². The molecule has 1 N–H and O–H groups in total. The molecule has 0 bridgehead atoms. The average Bonchev–Trinajstić information content (AvgIpc) is 2.95. The van der Waals surface area contributed by atoms with E-state index in [9.17, 15) is 4.79 Å². The Balaban J connectivity index is 0.000000219. The molecule has 0 amide bonds. The maximum atomic E-state index is 10.2. The minimum Gasteiger partial charge on any atom is -0.478 e. The first-order chi connectivity index (χ1) is 10.2. The second-order valence-corrected chi connectivity index (χ2v) is 4.94. The quantitative estimate of drug-likeness (QED) is 0.875. The Labute approximate surface area is 126 Å². The summed E-state index contributed by atoms with van der Waals surface area (Å²) < 4.78 is 0. The topological polar surface area (TPSA) is 56.1 Å². The fourth-order valence-corrected chi connectivity index (χ4v) is 1.89. The molecule has 0 atom stereocenters.